The summed E-state index contributed by atoms with van der Waals surface area (Å²) < 4.78 is 26.3. The Morgan fingerprint density at radius 2 is 2.00 bits per heavy atom. The predicted molar refractivity (Wildman–Crippen MR) is 82.0 cm³/mol. The molecule has 0 aliphatic heterocycles. The number of hydrogen-bond donors (Lipinski definition) is 2. The van der Waals surface area contributed by atoms with Crippen LogP contribution < -0.4 is 5.32 Å². The second kappa shape index (κ2) is 5.77. The van der Waals surface area contributed by atoms with Gasteiger partial charge in [0, 0.05) is 28.2 Å². The van der Waals surface area contributed by atoms with E-state index in [1.807, 2.05) is 6.07 Å². The Morgan fingerprint density at radius 1 is 1.18 bits per heavy atom. The third kappa shape index (κ3) is 2.94. The molecule has 1 aromatic heterocycles. The van der Waals surface area contributed by atoms with Crippen LogP contribution in [0, 0.1) is 11.6 Å². The van der Waals surface area contributed by atoms with Crippen LogP contribution in [0.4, 0.5) is 14.5 Å². The number of carbonyl (C=O) groups is 1. The standard InChI is InChI=1S/C16H11ClF2N2O/c17-10-1-3-12-9(8-20-15(12)6-10)5-16(22)21-14-4-2-11(18)7-13(14)19/h1-4,6-8,20H,5H2,(H,21,22). The smallest absolute Gasteiger partial charge is 0.228 e. The summed E-state index contributed by atoms with van der Waals surface area (Å²) in [7, 11) is 0. The van der Waals surface area contributed by atoms with Gasteiger partial charge in [0.1, 0.15) is 11.6 Å². The van der Waals surface area contributed by atoms with E-state index in [0.29, 0.717) is 5.02 Å². The number of H-pyrrole nitrogens is 1. The van der Waals surface area contributed by atoms with E-state index in [1.165, 1.54) is 6.07 Å². The minimum Gasteiger partial charge on any atom is -0.361 e. The van der Waals surface area contributed by atoms with Crippen LogP contribution in [0.5, 0.6) is 0 Å². The molecule has 0 unspecified atom stereocenters. The van der Waals surface area contributed by atoms with Crippen LogP contribution in [0.2, 0.25) is 5.02 Å². The van der Waals surface area contributed by atoms with Crippen LogP contribution >= 0.6 is 11.6 Å². The molecule has 3 rings (SSSR count). The number of carbonyl (C=O) groups excluding carboxylic acids is 1. The van der Waals surface area contributed by atoms with E-state index in [1.54, 1.807) is 18.3 Å². The Hall–Kier alpha value is -2.40. The monoisotopic (exact) mass is 320 g/mol. The fraction of sp³-hybridized carbons (Fsp3) is 0.0625. The highest BCUT2D eigenvalue weighted by Crippen LogP contribution is 2.23. The Kier molecular flexibility index (Phi) is 3.81. The molecule has 3 nitrogen and oxygen atoms in total. The molecule has 0 saturated carbocycles. The average Bonchev–Trinajstić information content (AvgIpc) is 2.84. The molecule has 0 atom stereocenters. The molecule has 0 aliphatic carbocycles. The van der Waals surface area contributed by atoms with E-state index in [-0.39, 0.29) is 18.0 Å². The van der Waals surface area contributed by atoms with Crippen molar-refractivity contribution < 1.29 is 13.6 Å². The van der Waals surface area contributed by atoms with Crippen LogP contribution in [0.15, 0.2) is 42.6 Å². The predicted octanol–water partition coefficient (Wildman–Crippen LogP) is 4.28. The van der Waals surface area contributed by atoms with Gasteiger partial charge in [0.05, 0.1) is 12.1 Å². The van der Waals surface area contributed by atoms with Crippen LogP contribution in [0.1, 0.15) is 5.56 Å². The summed E-state index contributed by atoms with van der Waals surface area (Å²) in [6.45, 7) is 0. The number of fused-ring (bicyclic) bond motifs is 1. The number of aromatic nitrogens is 1. The molecular formula is C16H11ClF2N2O. The van der Waals surface area contributed by atoms with Gasteiger partial charge in [-0.3, -0.25) is 4.79 Å². The first kappa shape index (κ1) is 14.5. The number of amides is 1. The minimum atomic E-state index is -0.806. The lowest BCUT2D eigenvalue weighted by Gasteiger charge is -2.06. The Labute approximate surface area is 129 Å². The van der Waals surface area contributed by atoms with Gasteiger partial charge in [0.2, 0.25) is 5.91 Å². The van der Waals surface area contributed by atoms with Gasteiger partial charge in [-0.05, 0) is 29.8 Å². The third-order valence-corrected chi connectivity index (χ3v) is 3.52. The zero-order valence-electron chi connectivity index (χ0n) is 11.3. The Bertz CT molecular complexity index is 860. The van der Waals surface area contributed by atoms with E-state index >= 15 is 0 Å². The van der Waals surface area contributed by atoms with Crippen LogP contribution in [-0.2, 0) is 11.2 Å². The first-order valence-corrected chi connectivity index (χ1v) is 6.91. The van der Waals surface area contributed by atoms with Crippen molar-refractivity contribution in [2.24, 2.45) is 0 Å². The highest BCUT2D eigenvalue weighted by Gasteiger charge is 2.11. The van der Waals surface area contributed by atoms with Crippen molar-refractivity contribution >= 4 is 34.1 Å². The van der Waals surface area contributed by atoms with Gasteiger partial charge >= 0.3 is 0 Å². The number of anilines is 1. The average molecular weight is 321 g/mol. The zero-order chi connectivity index (χ0) is 15.7. The number of aromatic amines is 1. The lowest BCUT2D eigenvalue weighted by Crippen LogP contribution is -2.15. The quantitative estimate of drug-likeness (QED) is 0.743. The van der Waals surface area contributed by atoms with E-state index in [4.69, 9.17) is 11.6 Å². The summed E-state index contributed by atoms with van der Waals surface area (Å²) in [6, 6.07) is 8.32. The van der Waals surface area contributed by atoms with Gasteiger partial charge in [0.25, 0.3) is 0 Å². The van der Waals surface area contributed by atoms with Crippen LogP contribution in [0.25, 0.3) is 10.9 Å². The summed E-state index contributed by atoms with van der Waals surface area (Å²) >= 11 is 5.90. The molecule has 0 aliphatic rings. The van der Waals surface area contributed by atoms with E-state index in [2.05, 4.69) is 10.3 Å². The van der Waals surface area contributed by atoms with Gasteiger partial charge in [-0.1, -0.05) is 17.7 Å². The van der Waals surface area contributed by atoms with Gasteiger partial charge < -0.3 is 10.3 Å². The molecule has 2 N–H and O–H groups in total. The topological polar surface area (TPSA) is 44.9 Å². The summed E-state index contributed by atoms with van der Waals surface area (Å²) in [4.78, 5) is 15.0. The summed E-state index contributed by atoms with van der Waals surface area (Å²) in [6.07, 6.45) is 1.78. The summed E-state index contributed by atoms with van der Waals surface area (Å²) in [5.74, 6) is -1.88. The van der Waals surface area contributed by atoms with E-state index in [0.717, 1.165) is 28.6 Å². The molecule has 3 aromatic rings. The van der Waals surface area contributed by atoms with Crippen molar-refractivity contribution in [2.45, 2.75) is 6.42 Å². The lowest BCUT2D eigenvalue weighted by atomic mass is 10.1. The Morgan fingerprint density at radius 3 is 2.77 bits per heavy atom. The molecule has 0 radical (unpaired) electrons. The number of halogens is 3. The van der Waals surface area contributed by atoms with Crippen molar-refractivity contribution in [3.63, 3.8) is 0 Å². The molecule has 1 heterocycles. The number of rotatable bonds is 3. The van der Waals surface area contributed by atoms with Crippen molar-refractivity contribution in [3.05, 3.63) is 64.8 Å². The highest BCUT2D eigenvalue weighted by atomic mass is 35.5. The Balaban J connectivity index is 1.78. The zero-order valence-corrected chi connectivity index (χ0v) is 12.0. The number of nitrogens with one attached hydrogen (secondary N) is 2. The molecule has 0 fully saturated rings. The van der Waals surface area contributed by atoms with Crippen LogP contribution in [-0.4, -0.2) is 10.9 Å². The molecule has 22 heavy (non-hydrogen) atoms. The van der Waals surface area contributed by atoms with Crippen molar-refractivity contribution in [2.75, 3.05) is 5.32 Å². The van der Waals surface area contributed by atoms with Gasteiger partial charge in [-0.2, -0.15) is 0 Å². The fourth-order valence-electron chi connectivity index (χ4n) is 2.26. The van der Waals surface area contributed by atoms with Crippen LogP contribution in [0.3, 0.4) is 0 Å². The number of benzene rings is 2. The van der Waals surface area contributed by atoms with Gasteiger partial charge in [0.15, 0.2) is 0 Å². The normalized spacial score (nSPS) is 10.9. The maximum absolute atomic E-state index is 13.5. The molecule has 0 saturated heterocycles. The third-order valence-electron chi connectivity index (χ3n) is 3.29. The van der Waals surface area contributed by atoms with Crippen molar-refractivity contribution in [3.8, 4) is 0 Å². The molecule has 6 heteroatoms. The molecule has 2 aromatic carbocycles. The minimum absolute atomic E-state index is 0.0470. The molecular weight excluding hydrogens is 310 g/mol. The summed E-state index contributed by atoms with van der Waals surface area (Å²) in [5.41, 5.74) is 1.55. The van der Waals surface area contributed by atoms with Gasteiger partial charge in [-0.25, -0.2) is 8.78 Å². The van der Waals surface area contributed by atoms with Crippen molar-refractivity contribution in [1.82, 2.24) is 4.98 Å². The number of hydrogen-bond acceptors (Lipinski definition) is 1. The van der Waals surface area contributed by atoms with E-state index < -0.39 is 11.6 Å². The first-order valence-electron chi connectivity index (χ1n) is 6.53. The molecule has 1 amide bonds. The first-order chi connectivity index (χ1) is 10.5. The largest absolute Gasteiger partial charge is 0.361 e. The molecule has 112 valence electrons. The summed E-state index contributed by atoms with van der Waals surface area (Å²) in [5, 5.41) is 3.90. The molecule has 0 bridgehead atoms. The fourth-order valence-corrected chi connectivity index (χ4v) is 2.44. The highest BCUT2D eigenvalue weighted by molar-refractivity contribution is 6.31. The van der Waals surface area contributed by atoms with Crippen molar-refractivity contribution in [1.29, 1.82) is 0 Å². The maximum Gasteiger partial charge on any atom is 0.228 e. The second-order valence-corrected chi connectivity index (χ2v) is 5.29. The lowest BCUT2D eigenvalue weighted by molar-refractivity contribution is -0.115. The maximum atomic E-state index is 13.5. The van der Waals surface area contributed by atoms with E-state index in [9.17, 15) is 13.6 Å². The second-order valence-electron chi connectivity index (χ2n) is 4.85. The SMILES string of the molecule is O=C(Cc1c[nH]c2cc(Cl)ccc12)Nc1ccc(F)cc1F. The van der Waals surface area contributed by atoms with Gasteiger partial charge in [-0.15, -0.1) is 0 Å². The molecule has 0 spiro atoms.